The SMILES string of the molecule is CCN(c1ccc(F)cc1)S(=O)(=O)c1ccsc1C(=O)OC. The van der Waals surface area contributed by atoms with E-state index in [4.69, 9.17) is 0 Å². The number of sulfonamides is 1. The number of esters is 1. The number of hydrogen-bond acceptors (Lipinski definition) is 5. The van der Waals surface area contributed by atoms with Gasteiger partial charge in [-0.2, -0.15) is 0 Å². The van der Waals surface area contributed by atoms with E-state index in [9.17, 15) is 17.6 Å². The zero-order chi connectivity index (χ0) is 16.3. The van der Waals surface area contributed by atoms with E-state index in [2.05, 4.69) is 4.74 Å². The summed E-state index contributed by atoms with van der Waals surface area (Å²) >= 11 is 0.994. The Morgan fingerprint density at radius 1 is 1.27 bits per heavy atom. The molecule has 8 heteroatoms. The van der Waals surface area contributed by atoms with Gasteiger partial charge >= 0.3 is 5.97 Å². The molecule has 1 heterocycles. The maximum Gasteiger partial charge on any atom is 0.349 e. The molecule has 0 atom stereocenters. The summed E-state index contributed by atoms with van der Waals surface area (Å²) in [4.78, 5) is 11.6. The zero-order valence-electron chi connectivity index (χ0n) is 11.9. The number of nitrogens with zero attached hydrogens (tertiary/aromatic N) is 1. The molecule has 0 radical (unpaired) electrons. The van der Waals surface area contributed by atoms with Crippen LogP contribution in [0.5, 0.6) is 0 Å². The van der Waals surface area contributed by atoms with Gasteiger partial charge < -0.3 is 4.74 Å². The Hall–Kier alpha value is -1.93. The van der Waals surface area contributed by atoms with E-state index in [0.717, 1.165) is 15.6 Å². The molecule has 0 unspecified atom stereocenters. The minimum atomic E-state index is -3.94. The predicted octanol–water partition coefficient (Wildman–Crippen LogP) is 2.89. The first kappa shape index (κ1) is 16.4. The van der Waals surface area contributed by atoms with Crippen molar-refractivity contribution in [2.75, 3.05) is 18.0 Å². The number of rotatable bonds is 5. The average molecular weight is 343 g/mol. The van der Waals surface area contributed by atoms with Crippen molar-refractivity contribution in [3.63, 3.8) is 0 Å². The topological polar surface area (TPSA) is 63.7 Å². The Morgan fingerprint density at radius 3 is 2.45 bits per heavy atom. The Balaban J connectivity index is 2.50. The van der Waals surface area contributed by atoms with Gasteiger partial charge in [0.05, 0.1) is 12.8 Å². The molecule has 118 valence electrons. The van der Waals surface area contributed by atoms with Crippen molar-refractivity contribution in [1.82, 2.24) is 0 Å². The van der Waals surface area contributed by atoms with Gasteiger partial charge in [0.25, 0.3) is 10.0 Å². The van der Waals surface area contributed by atoms with E-state index < -0.39 is 21.8 Å². The maximum atomic E-state index is 13.0. The molecule has 0 N–H and O–H groups in total. The normalized spacial score (nSPS) is 11.2. The van der Waals surface area contributed by atoms with Crippen LogP contribution in [-0.4, -0.2) is 28.0 Å². The van der Waals surface area contributed by atoms with Crippen LogP contribution in [0, 0.1) is 5.82 Å². The quantitative estimate of drug-likeness (QED) is 0.783. The molecule has 0 aliphatic heterocycles. The molecule has 2 rings (SSSR count). The first-order valence-electron chi connectivity index (χ1n) is 6.36. The van der Waals surface area contributed by atoms with Crippen molar-refractivity contribution < 1.29 is 22.3 Å². The van der Waals surface area contributed by atoms with Crippen LogP contribution >= 0.6 is 11.3 Å². The summed E-state index contributed by atoms with van der Waals surface area (Å²) < 4.78 is 44.3. The third-order valence-electron chi connectivity index (χ3n) is 2.97. The largest absolute Gasteiger partial charge is 0.465 e. The van der Waals surface area contributed by atoms with Gasteiger partial charge in [-0.3, -0.25) is 4.31 Å². The summed E-state index contributed by atoms with van der Waals surface area (Å²) in [5.41, 5.74) is 0.325. The van der Waals surface area contributed by atoms with Gasteiger partial charge in [0.1, 0.15) is 15.6 Å². The molecule has 2 aromatic rings. The van der Waals surface area contributed by atoms with Crippen LogP contribution in [0.3, 0.4) is 0 Å². The van der Waals surface area contributed by atoms with E-state index in [1.54, 1.807) is 6.92 Å². The predicted molar refractivity (Wildman–Crippen MR) is 82.3 cm³/mol. The van der Waals surface area contributed by atoms with Gasteiger partial charge in [-0.1, -0.05) is 0 Å². The second kappa shape index (κ2) is 6.45. The fourth-order valence-corrected chi connectivity index (χ4v) is 4.74. The molecule has 5 nitrogen and oxygen atoms in total. The van der Waals surface area contributed by atoms with Crippen molar-refractivity contribution in [1.29, 1.82) is 0 Å². The van der Waals surface area contributed by atoms with Gasteiger partial charge in [-0.25, -0.2) is 17.6 Å². The number of methoxy groups -OCH3 is 1. The van der Waals surface area contributed by atoms with Gasteiger partial charge in [-0.05, 0) is 42.6 Å². The summed E-state index contributed by atoms with van der Waals surface area (Å²) in [6, 6.07) is 6.48. The standard InChI is InChI=1S/C14H14FNO4S2/c1-3-16(11-6-4-10(15)5-7-11)22(18,19)12-8-9-21-13(12)14(17)20-2/h4-9H,3H2,1-2H3. The van der Waals surface area contributed by atoms with Crippen molar-refractivity contribution in [3.8, 4) is 0 Å². The molecule has 0 bridgehead atoms. The van der Waals surface area contributed by atoms with E-state index >= 15 is 0 Å². The third kappa shape index (κ3) is 2.97. The molecular formula is C14H14FNO4S2. The van der Waals surface area contributed by atoms with Gasteiger partial charge in [0, 0.05) is 6.54 Å². The summed E-state index contributed by atoms with van der Waals surface area (Å²) in [7, 11) is -2.75. The highest BCUT2D eigenvalue weighted by atomic mass is 32.2. The van der Waals surface area contributed by atoms with Crippen LogP contribution in [0.1, 0.15) is 16.6 Å². The number of thiophene rings is 1. The third-order valence-corrected chi connectivity index (χ3v) is 5.94. The average Bonchev–Trinajstić information content (AvgIpc) is 2.99. The highest BCUT2D eigenvalue weighted by Crippen LogP contribution is 2.29. The molecule has 22 heavy (non-hydrogen) atoms. The number of carbonyl (C=O) groups excluding carboxylic acids is 1. The van der Waals surface area contributed by atoms with Crippen molar-refractivity contribution in [3.05, 3.63) is 46.4 Å². The van der Waals surface area contributed by atoms with Crippen LogP contribution < -0.4 is 4.31 Å². The number of benzene rings is 1. The molecular weight excluding hydrogens is 329 g/mol. The van der Waals surface area contributed by atoms with Gasteiger partial charge in [0.15, 0.2) is 0 Å². The molecule has 0 fully saturated rings. The lowest BCUT2D eigenvalue weighted by Crippen LogP contribution is -2.31. The van der Waals surface area contributed by atoms with Gasteiger partial charge in [0.2, 0.25) is 0 Å². The fraction of sp³-hybridized carbons (Fsp3) is 0.214. The number of anilines is 1. The fourth-order valence-electron chi connectivity index (χ4n) is 1.96. The van der Waals surface area contributed by atoms with E-state index in [-0.39, 0.29) is 16.3 Å². The van der Waals surface area contributed by atoms with Crippen molar-refractivity contribution in [2.45, 2.75) is 11.8 Å². The minimum Gasteiger partial charge on any atom is -0.465 e. The Bertz CT molecular complexity index is 768. The minimum absolute atomic E-state index is 0.0167. The smallest absolute Gasteiger partial charge is 0.349 e. The summed E-state index contributed by atoms with van der Waals surface area (Å²) in [6.45, 7) is 1.80. The first-order chi connectivity index (χ1) is 10.4. The van der Waals surface area contributed by atoms with Crippen LogP contribution in [0.25, 0.3) is 0 Å². The maximum absolute atomic E-state index is 13.0. The molecule has 0 saturated heterocycles. The van der Waals surface area contributed by atoms with Crippen molar-refractivity contribution >= 4 is 33.0 Å². The second-order valence-corrected chi connectivity index (χ2v) is 7.00. The Morgan fingerprint density at radius 2 is 1.91 bits per heavy atom. The number of ether oxygens (including phenoxy) is 1. The molecule has 0 amide bonds. The van der Waals surface area contributed by atoms with E-state index in [1.807, 2.05) is 0 Å². The van der Waals surface area contributed by atoms with Crippen LogP contribution in [0.2, 0.25) is 0 Å². The van der Waals surface area contributed by atoms with Gasteiger partial charge in [-0.15, -0.1) is 11.3 Å². The summed E-state index contributed by atoms with van der Waals surface area (Å²) in [6.07, 6.45) is 0. The Kier molecular flexibility index (Phi) is 4.82. The molecule has 1 aromatic heterocycles. The number of hydrogen-bond donors (Lipinski definition) is 0. The lowest BCUT2D eigenvalue weighted by molar-refractivity contribution is 0.0602. The lowest BCUT2D eigenvalue weighted by Gasteiger charge is -2.22. The van der Waals surface area contributed by atoms with Crippen LogP contribution in [-0.2, 0) is 14.8 Å². The second-order valence-electron chi connectivity index (χ2n) is 4.25. The molecule has 0 aliphatic rings. The molecule has 0 spiro atoms. The highest BCUT2D eigenvalue weighted by molar-refractivity contribution is 7.93. The summed E-state index contributed by atoms with van der Waals surface area (Å²) in [5, 5.41) is 1.51. The molecule has 1 aromatic carbocycles. The first-order valence-corrected chi connectivity index (χ1v) is 8.68. The van der Waals surface area contributed by atoms with E-state index in [0.29, 0.717) is 5.69 Å². The highest BCUT2D eigenvalue weighted by Gasteiger charge is 2.30. The van der Waals surface area contributed by atoms with Crippen molar-refractivity contribution in [2.24, 2.45) is 0 Å². The lowest BCUT2D eigenvalue weighted by atomic mass is 10.3. The summed E-state index contributed by atoms with van der Waals surface area (Å²) in [5.74, 6) is -1.16. The number of halogens is 1. The molecule has 0 aliphatic carbocycles. The monoisotopic (exact) mass is 343 g/mol. The number of carbonyl (C=O) groups is 1. The van der Waals surface area contributed by atoms with E-state index in [1.165, 1.54) is 42.8 Å². The Labute approximate surface area is 132 Å². The zero-order valence-corrected chi connectivity index (χ0v) is 13.6. The van der Waals surface area contributed by atoms with Crippen LogP contribution in [0.4, 0.5) is 10.1 Å². The molecule has 0 saturated carbocycles. The van der Waals surface area contributed by atoms with Crippen LogP contribution in [0.15, 0.2) is 40.6 Å².